The summed E-state index contributed by atoms with van der Waals surface area (Å²) >= 11 is 5.88. The standard InChI is InChI=1S/C21H31ClN2O3S.2CH4/c22-19-10-12-20(13-11-19)28(26,27)24-14-6-7-17(16-24)15-23-21(25)18-8-4-2-1-3-5-9-18;;/h10-13,17-18H,1-9,14-16H2,(H,23,25);2*1H4. The van der Waals surface area contributed by atoms with Crippen LogP contribution in [0.1, 0.15) is 72.6 Å². The molecule has 0 radical (unpaired) electrons. The van der Waals surface area contributed by atoms with Crippen molar-refractivity contribution in [3.63, 3.8) is 0 Å². The van der Waals surface area contributed by atoms with Gasteiger partial charge in [0.15, 0.2) is 0 Å². The van der Waals surface area contributed by atoms with Gasteiger partial charge in [0.25, 0.3) is 0 Å². The zero-order valence-corrected chi connectivity index (χ0v) is 18.0. The fourth-order valence-electron chi connectivity index (χ4n) is 4.28. The summed E-state index contributed by atoms with van der Waals surface area (Å²) in [7, 11) is -3.52. The van der Waals surface area contributed by atoms with Crippen molar-refractivity contribution in [2.24, 2.45) is 11.8 Å². The van der Waals surface area contributed by atoms with E-state index in [9.17, 15) is 13.2 Å². The van der Waals surface area contributed by atoms with Crippen LogP contribution >= 0.6 is 11.6 Å². The number of rotatable bonds is 5. The topological polar surface area (TPSA) is 66.5 Å². The molecule has 1 atom stereocenters. The average Bonchev–Trinajstić information content (AvgIpc) is 2.66. The maximum atomic E-state index is 12.9. The number of hydrogen-bond donors (Lipinski definition) is 1. The van der Waals surface area contributed by atoms with Gasteiger partial charge in [0.05, 0.1) is 4.90 Å². The van der Waals surface area contributed by atoms with Gasteiger partial charge in [0.2, 0.25) is 15.9 Å². The Hall–Kier alpha value is -1.11. The first-order chi connectivity index (χ1) is 13.5. The Labute approximate surface area is 188 Å². The minimum Gasteiger partial charge on any atom is -0.356 e. The summed E-state index contributed by atoms with van der Waals surface area (Å²) in [5, 5.41) is 3.63. The van der Waals surface area contributed by atoms with Crippen LogP contribution in [-0.4, -0.2) is 38.3 Å². The molecule has 1 aromatic rings. The molecule has 1 N–H and O–H groups in total. The SMILES string of the molecule is C.C.O=C(NCC1CCCN(S(=O)(=O)c2ccc(Cl)cc2)C1)C1CCCCCCC1. The maximum Gasteiger partial charge on any atom is 0.243 e. The molecule has 172 valence electrons. The van der Waals surface area contributed by atoms with Gasteiger partial charge in [-0.15, -0.1) is 0 Å². The lowest BCUT2D eigenvalue weighted by Crippen LogP contribution is -2.44. The molecule has 2 aliphatic rings. The molecule has 1 aromatic carbocycles. The first kappa shape index (κ1) is 26.9. The summed E-state index contributed by atoms with van der Waals surface area (Å²) in [4.78, 5) is 12.9. The molecule has 1 amide bonds. The fourth-order valence-corrected chi connectivity index (χ4v) is 5.96. The largest absolute Gasteiger partial charge is 0.356 e. The van der Waals surface area contributed by atoms with Crippen LogP contribution in [0, 0.1) is 11.8 Å². The number of carbonyl (C=O) groups is 1. The number of halogens is 1. The predicted octanol–water partition coefficient (Wildman–Crippen LogP) is 5.49. The van der Waals surface area contributed by atoms with Gasteiger partial charge in [-0.25, -0.2) is 8.42 Å². The minimum atomic E-state index is -3.52. The van der Waals surface area contributed by atoms with E-state index >= 15 is 0 Å². The molecule has 1 saturated carbocycles. The Morgan fingerprint density at radius 3 is 2.20 bits per heavy atom. The molecule has 1 aliphatic carbocycles. The molecular weight excluding hydrogens is 420 g/mol. The molecule has 30 heavy (non-hydrogen) atoms. The molecule has 7 heteroatoms. The summed E-state index contributed by atoms with van der Waals surface area (Å²) in [6.45, 7) is 1.54. The Morgan fingerprint density at radius 2 is 1.57 bits per heavy atom. The van der Waals surface area contributed by atoms with Crippen LogP contribution in [-0.2, 0) is 14.8 Å². The number of sulfonamides is 1. The third-order valence-corrected chi connectivity index (χ3v) is 8.11. The highest BCUT2D eigenvalue weighted by Crippen LogP contribution is 2.25. The second-order valence-electron chi connectivity index (χ2n) is 8.11. The molecule has 0 bridgehead atoms. The number of nitrogens with one attached hydrogen (secondary N) is 1. The van der Waals surface area contributed by atoms with Gasteiger partial charge in [0, 0.05) is 30.6 Å². The smallest absolute Gasteiger partial charge is 0.243 e. The van der Waals surface area contributed by atoms with Crippen molar-refractivity contribution in [3.8, 4) is 0 Å². The predicted molar refractivity (Wildman–Crippen MR) is 125 cm³/mol. The Kier molecular flexibility index (Phi) is 11.4. The zero-order valence-electron chi connectivity index (χ0n) is 16.4. The summed E-state index contributed by atoms with van der Waals surface area (Å²) < 4.78 is 27.3. The lowest BCUT2D eigenvalue weighted by Gasteiger charge is -2.32. The van der Waals surface area contributed by atoms with Crippen molar-refractivity contribution < 1.29 is 13.2 Å². The summed E-state index contributed by atoms with van der Waals surface area (Å²) in [5.41, 5.74) is 0. The van der Waals surface area contributed by atoms with Crippen molar-refractivity contribution in [2.75, 3.05) is 19.6 Å². The van der Waals surface area contributed by atoms with Crippen LogP contribution in [0.4, 0.5) is 0 Å². The van der Waals surface area contributed by atoms with Gasteiger partial charge >= 0.3 is 0 Å². The molecule has 2 fully saturated rings. The molecule has 5 nitrogen and oxygen atoms in total. The highest BCUT2D eigenvalue weighted by Gasteiger charge is 2.30. The first-order valence-electron chi connectivity index (χ1n) is 10.5. The molecule has 1 aliphatic heterocycles. The van der Waals surface area contributed by atoms with E-state index in [1.165, 1.54) is 19.3 Å². The van der Waals surface area contributed by atoms with Gasteiger partial charge < -0.3 is 5.32 Å². The number of benzene rings is 1. The molecule has 1 saturated heterocycles. The van der Waals surface area contributed by atoms with Crippen LogP contribution in [0.15, 0.2) is 29.2 Å². The van der Waals surface area contributed by atoms with Crippen molar-refractivity contribution >= 4 is 27.5 Å². The lowest BCUT2D eigenvalue weighted by atomic mass is 9.90. The second-order valence-corrected chi connectivity index (χ2v) is 10.5. The number of piperidine rings is 1. The number of hydrogen-bond acceptors (Lipinski definition) is 3. The van der Waals surface area contributed by atoms with Crippen molar-refractivity contribution in [1.29, 1.82) is 0 Å². The Balaban J connectivity index is 0.00000225. The van der Waals surface area contributed by atoms with Gasteiger partial charge in [-0.1, -0.05) is 58.6 Å². The molecular formula is C23H39ClN2O3S. The fraction of sp³-hybridized carbons (Fsp3) is 0.696. The highest BCUT2D eigenvalue weighted by atomic mass is 35.5. The second kappa shape index (κ2) is 12.7. The maximum absolute atomic E-state index is 12.9. The minimum absolute atomic E-state index is 0. The van der Waals surface area contributed by atoms with E-state index in [2.05, 4.69) is 5.32 Å². The van der Waals surface area contributed by atoms with Gasteiger partial charge in [0.1, 0.15) is 0 Å². The molecule has 0 aromatic heterocycles. The zero-order chi connectivity index (χ0) is 20.0. The number of carbonyl (C=O) groups excluding carboxylic acids is 1. The normalized spacial score (nSPS) is 21.4. The Morgan fingerprint density at radius 1 is 0.967 bits per heavy atom. The van der Waals surface area contributed by atoms with Crippen LogP contribution in [0.25, 0.3) is 0 Å². The van der Waals surface area contributed by atoms with Crippen molar-refractivity contribution in [2.45, 2.75) is 77.5 Å². The van der Waals surface area contributed by atoms with Crippen LogP contribution in [0.5, 0.6) is 0 Å². The number of nitrogens with zero attached hydrogens (tertiary/aromatic N) is 1. The highest BCUT2D eigenvalue weighted by molar-refractivity contribution is 7.89. The average molecular weight is 459 g/mol. The van der Waals surface area contributed by atoms with E-state index in [-0.39, 0.29) is 37.5 Å². The van der Waals surface area contributed by atoms with E-state index in [1.54, 1.807) is 28.6 Å². The first-order valence-corrected chi connectivity index (χ1v) is 12.3. The van der Waals surface area contributed by atoms with E-state index in [0.717, 1.165) is 38.5 Å². The van der Waals surface area contributed by atoms with Crippen molar-refractivity contribution in [3.05, 3.63) is 29.3 Å². The van der Waals surface area contributed by atoms with E-state index in [0.29, 0.717) is 24.7 Å². The van der Waals surface area contributed by atoms with Crippen LogP contribution in [0.3, 0.4) is 0 Å². The van der Waals surface area contributed by atoms with Crippen molar-refractivity contribution in [1.82, 2.24) is 9.62 Å². The lowest BCUT2D eigenvalue weighted by molar-refractivity contribution is -0.125. The number of amides is 1. The van der Waals surface area contributed by atoms with Crippen LogP contribution < -0.4 is 5.32 Å². The summed E-state index contributed by atoms with van der Waals surface area (Å²) in [6.07, 6.45) is 9.72. The van der Waals surface area contributed by atoms with E-state index in [4.69, 9.17) is 11.6 Å². The van der Waals surface area contributed by atoms with E-state index < -0.39 is 10.0 Å². The Bertz CT molecular complexity index is 744. The third kappa shape index (κ3) is 7.24. The summed E-state index contributed by atoms with van der Waals surface area (Å²) in [5.74, 6) is 0.436. The monoisotopic (exact) mass is 458 g/mol. The van der Waals surface area contributed by atoms with E-state index in [1.807, 2.05) is 0 Å². The molecule has 0 spiro atoms. The molecule has 3 rings (SSSR count). The quantitative estimate of drug-likeness (QED) is 0.634. The van der Waals surface area contributed by atoms with Gasteiger partial charge in [-0.2, -0.15) is 4.31 Å². The molecule has 1 unspecified atom stereocenters. The van der Waals surface area contributed by atoms with Gasteiger partial charge in [-0.3, -0.25) is 4.79 Å². The third-order valence-electron chi connectivity index (χ3n) is 5.97. The van der Waals surface area contributed by atoms with Gasteiger partial charge in [-0.05, 0) is 55.9 Å². The molecule has 1 heterocycles. The summed E-state index contributed by atoms with van der Waals surface area (Å²) in [6, 6.07) is 6.31. The van der Waals surface area contributed by atoms with Crippen LogP contribution in [0.2, 0.25) is 5.02 Å².